The predicted octanol–water partition coefficient (Wildman–Crippen LogP) is 4.09. The summed E-state index contributed by atoms with van der Waals surface area (Å²) in [6, 6.07) is 9.41. The number of nitrogens with one attached hydrogen (secondary N) is 1. The van der Waals surface area contributed by atoms with Crippen molar-refractivity contribution in [3.8, 4) is 10.4 Å². The van der Waals surface area contributed by atoms with Crippen LogP contribution in [0.1, 0.15) is 28.0 Å². The second-order valence-electron chi connectivity index (χ2n) is 6.38. The standard InChI is InChI=1S/C20H20FN3O3S/c1-11-18(12(2)24(4)23-11)22-19(25)13(3)27-20(26)17-10-9-16(28-17)14-5-7-15(21)8-6-14/h5-10,13H,1-4H3,(H,22,25)/t13-/m0/s1. The van der Waals surface area contributed by atoms with Gasteiger partial charge in [-0.3, -0.25) is 9.48 Å². The van der Waals surface area contributed by atoms with Gasteiger partial charge in [-0.15, -0.1) is 11.3 Å². The number of esters is 1. The molecule has 0 saturated carbocycles. The van der Waals surface area contributed by atoms with Crippen LogP contribution in [0.25, 0.3) is 10.4 Å². The summed E-state index contributed by atoms with van der Waals surface area (Å²) in [4.78, 5) is 26.0. The van der Waals surface area contributed by atoms with Gasteiger partial charge in [0.15, 0.2) is 6.10 Å². The second-order valence-corrected chi connectivity index (χ2v) is 7.46. The first kappa shape index (κ1) is 19.8. The van der Waals surface area contributed by atoms with E-state index in [-0.39, 0.29) is 5.82 Å². The summed E-state index contributed by atoms with van der Waals surface area (Å²) in [6.45, 7) is 5.15. The lowest BCUT2D eigenvalue weighted by Gasteiger charge is -2.13. The third-order valence-electron chi connectivity index (χ3n) is 4.35. The van der Waals surface area contributed by atoms with Crippen LogP contribution in [0.15, 0.2) is 36.4 Å². The molecule has 1 aromatic carbocycles. The van der Waals surface area contributed by atoms with Crippen LogP contribution in [0.5, 0.6) is 0 Å². The van der Waals surface area contributed by atoms with E-state index in [1.54, 1.807) is 42.9 Å². The van der Waals surface area contributed by atoms with Gasteiger partial charge in [-0.05, 0) is 50.6 Å². The monoisotopic (exact) mass is 401 g/mol. The second kappa shape index (κ2) is 7.93. The highest BCUT2D eigenvalue weighted by Crippen LogP contribution is 2.29. The number of amides is 1. The average Bonchev–Trinajstić information content (AvgIpc) is 3.23. The number of aromatic nitrogens is 2. The Bertz CT molecular complexity index is 1020. The highest BCUT2D eigenvalue weighted by atomic mass is 32.1. The Morgan fingerprint density at radius 3 is 2.46 bits per heavy atom. The number of thiophene rings is 1. The first-order valence-electron chi connectivity index (χ1n) is 8.64. The molecule has 2 heterocycles. The Balaban J connectivity index is 1.65. The molecule has 3 rings (SSSR count). The number of halogens is 1. The molecule has 0 aliphatic carbocycles. The maximum atomic E-state index is 13.0. The Labute approximate surface area is 165 Å². The van der Waals surface area contributed by atoms with Gasteiger partial charge in [0.25, 0.3) is 5.91 Å². The van der Waals surface area contributed by atoms with Gasteiger partial charge in [-0.25, -0.2) is 9.18 Å². The van der Waals surface area contributed by atoms with E-state index < -0.39 is 18.0 Å². The van der Waals surface area contributed by atoms with Crippen LogP contribution in [-0.2, 0) is 16.6 Å². The first-order chi connectivity index (χ1) is 13.3. The number of benzene rings is 1. The molecule has 0 aliphatic heterocycles. The molecule has 0 bridgehead atoms. The third-order valence-corrected chi connectivity index (χ3v) is 5.46. The van der Waals surface area contributed by atoms with E-state index >= 15 is 0 Å². The lowest BCUT2D eigenvalue weighted by atomic mass is 10.2. The Morgan fingerprint density at radius 1 is 1.18 bits per heavy atom. The Morgan fingerprint density at radius 2 is 1.86 bits per heavy atom. The molecule has 0 spiro atoms. The van der Waals surface area contributed by atoms with E-state index in [1.807, 2.05) is 6.92 Å². The maximum absolute atomic E-state index is 13.0. The van der Waals surface area contributed by atoms with Gasteiger partial charge < -0.3 is 10.1 Å². The molecule has 0 aliphatic rings. The lowest BCUT2D eigenvalue weighted by Crippen LogP contribution is -2.30. The van der Waals surface area contributed by atoms with Gasteiger partial charge in [0.2, 0.25) is 0 Å². The van der Waals surface area contributed by atoms with Gasteiger partial charge >= 0.3 is 5.97 Å². The molecule has 1 atom stereocenters. The molecule has 1 N–H and O–H groups in total. The van der Waals surface area contributed by atoms with Gasteiger partial charge in [-0.1, -0.05) is 12.1 Å². The van der Waals surface area contributed by atoms with Crippen molar-refractivity contribution in [1.82, 2.24) is 9.78 Å². The van der Waals surface area contributed by atoms with Crippen LogP contribution < -0.4 is 5.32 Å². The van der Waals surface area contributed by atoms with Gasteiger partial charge in [-0.2, -0.15) is 5.10 Å². The first-order valence-corrected chi connectivity index (χ1v) is 9.45. The van der Waals surface area contributed by atoms with Crippen molar-refractivity contribution in [2.75, 3.05) is 5.32 Å². The molecule has 146 valence electrons. The summed E-state index contributed by atoms with van der Waals surface area (Å²) in [6.07, 6.45) is -0.970. The topological polar surface area (TPSA) is 73.2 Å². The van der Waals surface area contributed by atoms with Crippen LogP contribution in [-0.4, -0.2) is 27.8 Å². The number of nitrogens with zero attached hydrogens (tertiary/aromatic N) is 2. The van der Waals surface area contributed by atoms with Crippen LogP contribution in [0, 0.1) is 19.7 Å². The molecule has 0 saturated heterocycles. The maximum Gasteiger partial charge on any atom is 0.349 e. The highest BCUT2D eigenvalue weighted by Gasteiger charge is 2.22. The third kappa shape index (κ3) is 4.12. The largest absolute Gasteiger partial charge is 0.448 e. The number of hydrogen-bond acceptors (Lipinski definition) is 5. The zero-order chi connectivity index (χ0) is 20.4. The van der Waals surface area contributed by atoms with Crippen molar-refractivity contribution in [3.63, 3.8) is 0 Å². The fraction of sp³-hybridized carbons (Fsp3) is 0.250. The van der Waals surface area contributed by atoms with E-state index in [0.29, 0.717) is 16.3 Å². The van der Waals surface area contributed by atoms with Crippen LogP contribution in [0.2, 0.25) is 0 Å². The van der Waals surface area contributed by atoms with Crippen molar-refractivity contribution < 1.29 is 18.7 Å². The molecule has 6 nitrogen and oxygen atoms in total. The minimum absolute atomic E-state index is 0.320. The summed E-state index contributed by atoms with van der Waals surface area (Å²) in [7, 11) is 1.79. The smallest absolute Gasteiger partial charge is 0.349 e. The normalized spacial score (nSPS) is 11.9. The SMILES string of the molecule is Cc1nn(C)c(C)c1NC(=O)[C@H](C)OC(=O)c1ccc(-c2ccc(F)cc2)s1. The van der Waals surface area contributed by atoms with E-state index in [4.69, 9.17) is 4.74 Å². The summed E-state index contributed by atoms with van der Waals surface area (Å²) < 4.78 is 20.0. The summed E-state index contributed by atoms with van der Waals surface area (Å²) in [5, 5.41) is 7.00. The van der Waals surface area contributed by atoms with E-state index in [0.717, 1.165) is 16.1 Å². The Hall–Kier alpha value is -3.00. The zero-order valence-corrected chi connectivity index (χ0v) is 16.8. The van der Waals surface area contributed by atoms with Crippen molar-refractivity contribution >= 4 is 28.9 Å². The molecule has 0 unspecified atom stereocenters. The highest BCUT2D eigenvalue weighted by molar-refractivity contribution is 7.17. The molecule has 2 aromatic heterocycles. The Kier molecular flexibility index (Phi) is 5.60. The molecule has 28 heavy (non-hydrogen) atoms. The number of carbonyl (C=O) groups excluding carboxylic acids is 2. The van der Waals surface area contributed by atoms with E-state index in [9.17, 15) is 14.0 Å². The molecule has 1 amide bonds. The number of ether oxygens (including phenoxy) is 1. The summed E-state index contributed by atoms with van der Waals surface area (Å²) >= 11 is 1.22. The van der Waals surface area contributed by atoms with Crippen molar-refractivity contribution in [2.24, 2.45) is 7.05 Å². The molecule has 0 radical (unpaired) electrons. The molecular formula is C20H20FN3O3S. The number of carbonyl (C=O) groups is 2. The van der Waals surface area contributed by atoms with Crippen LogP contribution >= 0.6 is 11.3 Å². The number of anilines is 1. The van der Waals surface area contributed by atoms with Crippen molar-refractivity contribution in [3.05, 3.63) is 58.5 Å². The molecule has 0 fully saturated rings. The lowest BCUT2D eigenvalue weighted by molar-refractivity contribution is -0.123. The molecule has 3 aromatic rings. The van der Waals surface area contributed by atoms with Crippen LogP contribution in [0.4, 0.5) is 10.1 Å². The number of aryl methyl sites for hydroxylation is 2. The quantitative estimate of drug-likeness (QED) is 0.654. The number of hydrogen-bond donors (Lipinski definition) is 1. The average molecular weight is 401 g/mol. The minimum atomic E-state index is -0.970. The van der Waals surface area contributed by atoms with E-state index in [2.05, 4.69) is 10.4 Å². The van der Waals surface area contributed by atoms with E-state index in [1.165, 1.54) is 30.4 Å². The van der Waals surface area contributed by atoms with Crippen molar-refractivity contribution in [2.45, 2.75) is 26.9 Å². The fourth-order valence-electron chi connectivity index (χ4n) is 2.67. The minimum Gasteiger partial charge on any atom is -0.448 e. The molecular weight excluding hydrogens is 381 g/mol. The van der Waals surface area contributed by atoms with Crippen molar-refractivity contribution in [1.29, 1.82) is 0 Å². The summed E-state index contributed by atoms with van der Waals surface area (Å²) in [5.41, 5.74) is 2.92. The van der Waals surface area contributed by atoms with Gasteiger partial charge in [0, 0.05) is 11.9 Å². The number of rotatable bonds is 5. The zero-order valence-electron chi connectivity index (χ0n) is 15.9. The summed E-state index contributed by atoms with van der Waals surface area (Å²) in [5.74, 6) is -1.33. The van der Waals surface area contributed by atoms with Gasteiger partial charge in [0.1, 0.15) is 10.7 Å². The molecule has 8 heteroatoms. The fourth-order valence-corrected chi connectivity index (χ4v) is 3.56. The van der Waals surface area contributed by atoms with Crippen LogP contribution in [0.3, 0.4) is 0 Å². The van der Waals surface area contributed by atoms with Gasteiger partial charge in [0.05, 0.1) is 17.1 Å². The predicted molar refractivity (Wildman–Crippen MR) is 106 cm³/mol.